The molecule has 1 N–H and O–H groups in total. The van der Waals surface area contributed by atoms with Crippen LogP contribution >= 0.6 is 15.9 Å². The summed E-state index contributed by atoms with van der Waals surface area (Å²) < 4.78 is 6.41. The van der Waals surface area contributed by atoms with Crippen LogP contribution in [0.25, 0.3) is 0 Å². The first-order valence-electron chi connectivity index (χ1n) is 6.98. The Kier molecular flexibility index (Phi) is 6.28. The Labute approximate surface area is 133 Å². The van der Waals surface area contributed by atoms with Gasteiger partial charge in [0.2, 0.25) is 0 Å². The maximum atomic E-state index is 11.9. The third-order valence-corrected chi connectivity index (χ3v) is 3.68. The van der Waals surface area contributed by atoms with Crippen molar-refractivity contribution in [3.8, 4) is 5.75 Å². The molecule has 0 aliphatic rings. The van der Waals surface area contributed by atoms with Gasteiger partial charge in [0, 0.05) is 11.0 Å². The molecule has 0 radical (unpaired) electrons. The molecule has 0 saturated heterocycles. The minimum absolute atomic E-state index is 0.0496. The number of rotatable bonds is 7. The van der Waals surface area contributed by atoms with E-state index in [4.69, 9.17) is 4.74 Å². The van der Waals surface area contributed by atoms with E-state index in [0.717, 1.165) is 23.1 Å². The number of halogens is 1. The predicted octanol–water partition coefficient (Wildman–Crippen LogP) is 4.04. The van der Waals surface area contributed by atoms with Gasteiger partial charge in [-0.05, 0) is 53.0 Å². The molecule has 0 aromatic heterocycles. The van der Waals surface area contributed by atoms with Crippen LogP contribution in [0.15, 0.2) is 59.1 Å². The Hall–Kier alpha value is -1.81. The van der Waals surface area contributed by atoms with E-state index in [9.17, 15) is 4.79 Å². The van der Waals surface area contributed by atoms with Crippen LogP contribution in [-0.2, 0) is 0 Å². The summed E-state index contributed by atoms with van der Waals surface area (Å²) in [6.45, 7) is 1.31. The number of nitrogens with one attached hydrogen (secondary N) is 1. The molecular weight excluding hydrogens is 330 g/mol. The fourth-order valence-corrected chi connectivity index (χ4v) is 2.34. The van der Waals surface area contributed by atoms with Gasteiger partial charge in [0.25, 0.3) is 5.91 Å². The number of ether oxygens (including phenoxy) is 1. The molecule has 0 spiro atoms. The van der Waals surface area contributed by atoms with Gasteiger partial charge in [-0.25, -0.2) is 0 Å². The molecule has 0 unspecified atom stereocenters. The van der Waals surface area contributed by atoms with E-state index >= 15 is 0 Å². The van der Waals surface area contributed by atoms with Gasteiger partial charge in [-0.1, -0.05) is 30.3 Å². The molecule has 2 aromatic carbocycles. The van der Waals surface area contributed by atoms with Crippen molar-refractivity contribution in [1.29, 1.82) is 0 Å². The molecule has 0 heterocycles. The fraction of sp³-hybridized carbons (Fsp3) is 0.235. The largest absolute Gasteiger partial charge is 0.494 e. The van der Waals surface area contributed by atoms with Crippen LogP contribution < -0.4 is 10.1 Å². The van der Waals surface area contributed by atoms with Crippen molar-refractivity contribution in [2.75, 3.05) is 13.2 Å². The highest BCUT2D eigenvalue weighted by molar-refractivity contribution is 9.10. The minimum atomic E-state index is -0.0496. The molecule has 3 nitrogen and oxygen atoms in total. The molecule has 0 bridgehead atoms. The second kappa shape index (κ2) is 8.47. The maximum Gasteiger partial charge on any atom is 0.252 e. The number of para-hydroxylation sites is 1. The Bertz CT molecular complexity index is 572. The van der Waals surface area contributed by atoms with E-state index < -0.39 is 0 Å². The van der Waals surface area contributed by atoms with Gasteiger partial charge in [0.05, 0.1) is 12.2 Å². The zero-order valence-corrected chi connectivity index (χ0v) is 13.3. The van der Waals surface area contributed by atoms with Crippen molar-refractivity contribution < 1.29 is 9.53 Å². The van der Waals surface area contributed by atoms with Crippen LogP contribution in [-0.4, -0.2) is 19.1 Å². The zero-order valence-electron chi connectivity index (χ0n) is 11.7. The molecule has 0 aliphatic carbocycles. The van der Waals surface area contributed by atoms with Gasteiger partial charge in [-0.3, -0.25) is 4.79 Å². The second-order valence-electron chi connectivity index (χ2n) is 4.60. The summed E-state index contributed by atoms with van der Waals surface area (Å²) in [6.07, 6.45) is 1.80. The number of benzene rings is 2. The monoisotopic (exact) mass is 347 g/mol. The Morgan fingerprint density at radius 3 is 2.48 bits per heavy atom. The highest BCUT2D eigenvalue weighted by Gasteiger charge is 2.07. The SMILES string of the molecule is O=C(NCCCCOc1ccccc1)c1ccccc1Br. The molecule has 0 aliphatic heterocycles. The van der Waals surface area contributed by atoms with Gasteiger partial charge in [-0.2, -0.15) is 0 Å². The first-order chi connectivity index (χ1) is 10.3. The number of hydrogen-bond acceptors (Lipinski definition) is 2. The van der Waals surface area contributed by atoms with Crippen LogP contribution in [0.2, 0.25) is 0 Å². The quantitative estimate of drug-likeness (QED) is 0.767. The molecule has 0 saturated carbocycles. The number of unbranched alkanes of at least 4 members (excludes halogenated alkanes) is 1. The van der Waals surface area contributed by atoms with Crippen LogP contribution in [0.4, 0.5) is 0 Å². The molecule has 110 valence electrons. The van der Waals surface area contributed by atoms with Crippen molar-refractivity contribution in [3.63, 3.8) is 0 Å². The predicted molar refractivity (Wildman–Crippen MR) is 87.6 cm³/mol. The maximum absolute atomic E-state index is 11.9. The number of hydrogen-bond donors (Lipinski definition) is 1. The van der Waals surface area contributed by atoms with E-state index in [0.29, 0.717) is 18.7 Å². The molecule has 1 amide bonds. The van der Waals surface area contributed by atoms with Crippen molar-refractivity contribution in [2.45, 2.75) is 12.8 Å². The van der Waals surface area contributed by atoms with E-state index in [1.165, 1.54) is 0 Å². The standard InChI is InChI=1S/C17H18BrNO2/c18-16-11-5-4-10-15(16)17(20)19-12-6-7-13-21-14-8-2-1-3-9-14/h1-5,8-11H,6-7,12-13H2,(H,19,20). The van der Waals surface area contributed by atoms with E-state index in [1.807, 2.05) is 48.5 Å². The van der Waals surface area contributed by atoms with Gasteiger partial charge >= 0.3 is 0 Å². The third-order valence-electron chi connectivity index (χ3n) is 2.99. The molecule has 0 atom stereocenters. The third kappa shape index (κ3) is 5.23. The lowest BCUT2D eigenvalue weighted by Gasteiger charge is -2.08. The van der Waals surface area contributed by atoms with Crippen molar-refractivity contribution >= 4 is 21.8 Å². The molecular formula is C17H18BrNO2. The van der Waals surface area contributed by atoms with E-state index in [-0.39, 0.29) is 5.91 Å². The van der Waals surface area contributed by atoms with Crippen LogP contribution in [0.1, 0.15) is 23.2 Å². The van der Waals surface area contributed by atoms with Crippen molar-refractivity contribution in [3.05, 3.63) is 64.6 Å². The summed E-state index contributed by atoms with van der Waals surface area (Å²) in [5.41, 5.74) is 0.665. The highest BCUT2D eigenvalue weighted by Crippen LogP contribution is 2.15. The molecule has 4 heteroatoms. The van der Waals surface area contributed by atoms with E-state index in [2.05, 4.69) is 21.2 Å². The second-order valence-corrected chi connectivity index (χ2v) is 5.46. The molecule has 21 heavy (non-hydrogen) atoms. The van der Waals surface area contributed by atoms with Crippen LogP contribution in [0, 0.1) is 0 Å². The van der Waals surface area contributed by atoms with Gasteiger partial charge in [-0.15, -0.1) is 0 Å². The zero-order chi connectivity index (χ0) is 14.9. The molecule has 2 aromatic rings. The minimum Gasteiger partial charge on any atom is -0.494 e. The van der Waals surface area contributed by atoms with E-state index in [1.54, 1.807) is 6.07 Å². The van der Waals surface area contributed by atoms with Crippen LogP contribution in [0.5, 0.6) is 5.75 Å². The Morgan fingerprint density at radius 1 is 1.00 bits per heavy atom. The summed E-state index contributed by atoms with van der Waals surface area (Å²) in [5, 5.41) is 2.91. The lowest BCUT2D eigenvalue weighted by Crippen LogP contribution is -2.25. The van der Waals surface area contributed by atoms with Gasteiger partial charge in [0.15, 0.2) is 0 Å². The smallest absolute Gasteiger partial charge is 0.252 e. The Morgan fingerprint density at radius 2 is 1.71 bits per heavy atom. The fourth-order valence-electron chi connectivity index (χ4n) is 1.88. The van der Waals surface area contributed by atoms with Gasteiger partial charge < -0.3 is 10.1 Å². The van der Waals surface area contributed by atoms with Crippen LogP contribution in [0.3, 0.4) is 0 Å². The molecule has 0 fully saturated rings. The summed E-state index contributed by atoms with van der Waals surface area (Å²) >= 11 is 3.38. The lowest BCUT2D eigenvalue weighted by atomic mass is 10.2. The highest BCUT2D eigenvalue weighted by atomic mass is 79.9. The number of carbonyl (C=O) groups excluding carboxylic acids is 1. The Balaban J connectivity index is 1.62. The molecule has 2 rings (SSSR count). The number of carbonyl (C=O) groups is 1. The normalized spacial score (nSPS) is 10.1. The summed E-state index contributed by atoms with van der Waals surface area (Å²) in [6, 6.07) is 17.2. The number of amides is 1. The summed E-state index contributed by atoms with van der Waals surface area (Å²) in [5.74, 6) is 0.834. The first-order valence-corrected chi connectivity index (χ1v) is 7.77. The average molecular weight is 348 g/mol. The summed E-state index contributed by atoms with van der Waals surface area (Å²) in [7, 11) is 0. The average Bonchev–Trinajstić information content (AvgIpc) is 2.52. The van der Waals surface area contributed by atoms with Crippen molar-refractivity contribution in [2.24, 2.45) is 0 Å². The van der Waals surface area contributed by atoms with Gasteiger partial charge in [0.1, 0.15) is 5.75 Å². The lowest BCUT2D eigenvalue weighted by molar-refractivity contribution is 0.0951. The first kappa shape index (κ1) is 15.6. The topological polar surface area (TPSA) is 38.3 Å². The van der Waals surface area contributed by atoms with Crippen molar-refractivity contribution in [1.82, 2.24) is 5.32 Å². The summed E-state index contributed by atoms with van der Waals surface area (Å²) in [4.78, 5) is 11.9.